The second-order valence-corrected chi connectivity index (χ2v) is 3.90. The van der Waals surface area contributed by atoms with E-state index in [9.17, 15) is 4.79 Å². The standard InChI is InChI=1S/C10H7IN2O/c11-9-3-1-2-4-10(9)13-8(7-14)5-6-12-13/h1-7H. The van der Waals surface area contributed by atoms with E-state index in [0.717, 1.165) is 15.5 Å². The number of para-hydroxylation sites is 1. The second kappa shape index (κ2) is 3.91. The highest BCUT2D eigenvalue weighted by Crippen LogP contribution is 2.16. The van der Waals surface area contributed by atoms with Crippen LogP contribution in [0.5, 0.6) is 0 Å². The van der Waals surface area contributed by atoms with Gasteiger partial charge in [0.1, 0.15) is 5.69 Å². The Hall–Kier alpha value is -1.17. The number of rotatable bonds is 2. The van der Waals surface area contributed by atoms with Crippen molar-refractivity contribution < 1.29 is 4.79 Å². The molecule has 0 N–H and O–H groups in total. The van der Waals surface area contributed by atoms with E-state index in [1.54, 1.807) is 16.9 Å². The molecule has 14 heavy (non-hydrogen) atoms. The molecule has 0 aliphatic carbocycles. The van der Waals surface area contributed by atoms with Gasteiger partial charge in [-0.1, -0.05) is 12.1 Å². The van der Waals surface area contributed by atoms with Crippen LogP contribution in [0.25, 0.3) is 5.69 Å². The fourth-order valence-corrected chi connectivity index (χ4v) is 1.84. The van der Waals surface area contributed by atoms with Gasteiger partial charge in [0.05, 0.1) is 11.9 Å². The van der Waals surface area contributed by atoms with Crippen LogP contribution in [0.4, 0.5) is 0 Å². The Labute approximate surface area is 94.9 Å². The number of hydrogen-bond donors (Lipinski definition) is 0. The molecular weight excluding hydrogens is 291 g/mol. The van der Waals surface area contributed by atoms with Gasteiger partial charge in [0, 0.05) is 3.57 Å². The molecule has 0 bridgehead atoms. The van der Waals surface area contributed by atoms with E-state index < -0.39 is 0 Å². The van der Waals surface area contributed by atoms with Crippen LogP contribution in [0.15, 0.2) is 36.5 Å². The molecule has 1 heterocycles. The summed E-state index contributed by atoms with van der Waals surface area (Å²) in [5.74, 6) is 0. The number of benzene rings is 1. The van der Waals surface area contributed by atoms with Crippen molar-refractivity contribution >= 4 is 28.9 Å². The molecule has 70 valence electrons. The van der Waals surface area contributed by atoms with Crippen molar-refractivity contribution in [1.82, 2.24) is 9.78 Å². The molecule has 0 aliphatic heterocycles. The lowest BCUT2D eigenvalue weighted by Crippen LogP contribution is -2.02. The zero-order valence-electron chi connectivity index (χ0n) is 7.22. The summed E-state index contributed by atoms with van der Waals surface area (Å²) in [5, 5.41) is 4.10. The molecule has 0 saturated carbocycles. The largest absolute Gasteiger partial charge is 0.296 e. The maximum Gasteiger partial charge on any atom is 0.168 e. The molecule has 0 fully saturated rings. The molecule has 1 aromatic heterocycles. The number of aromatic nitrogens is 2. The molecule has 0 amide bonds. The number of aldehydes is 1. The zero-order chi connectivity index (χ0) is 9.97. The minimum Gasteiger partial charge on any atom is -0.296 e. The van der Waals surface area contributed by atoms with Crippen molar-refractivity contribution in [3.63, 3.8) is 0 Å². The number of carbonyl (C=O) groups excluding carboxylic acids is 1. The first kappa shape index (κ1) is 9.39. The Morgan fingerprint density at radius 1 is 1.29 bits per heavy atom. The number of nitrogens with zero attached hydrogens (tertiary/aromatic N) is 2. The summed E-state index contributed by atoms with van der Waals surface area (Å²) in [7, 11) is 0. The molecule has 0 spiro atoms. The highest BCUT2D eigenvalue weighted by Gasteiger charge is 2.05. The average Bonchev–Trinajstić information content (AvgIpc) is 2.66. The monoisotopic (exact) mass is 298 g/mol. The summed E-state index contributed by atoms with van der Waals surface area (Å²) >= 11 is 2.22. The second-order valence-electron chi connectivity index (χ2n) is 2.74. The SMILES string of the molecule is O=Cc1ccnn1-c1ccccc1I. The molecule has 3 nitrogen and oxygen atoms in total. The molecule has 2 aromatic rings. The summed E-state index contributed by atoms with van der Waals surface area (Å²) in [6.07, 6.45) is 2.42. The lowest BCUT2D eigenvalue weighted by Gasteiger charge is -2.05. The van der Waals surface area contributed by atoms with Crippen LogP contribution in [-0.2, 0) is 0 Å². The average molecular weight is 298 g/mol. The predicted molar refractivity (Wildman–Crippen MR) is 61.7 cm³/mol. The number of hydrogen-bond acceptors (Lipinski definition) is 2. The van der Waals surface area contributed by atoms with E-state index in [1.165, 1.54) is 0 Å². The molecule has 0 saturated heterocycles. The fourth-order valence-electron chi connectivity index (χ4n) is 1.23. The van der Waals surface area contributed by atoms with Gasteiger partial charge < -0.3 is 0 Å². The molecule has 2 rings (SSSR count). The molecular formula is C10H7IN2O. The number of halogens is 1. The lowest BCUT2D eigenvalue weighted by atomic mass is 10.3. The summed E-state index contributed by atoms with van der Waals surface area (Å²) in [6.45, 7) is 0. The van der Waals surface area contributed by atoms with Crippen molar-refractivity contribution in [2.75, 3.05) is 0 Å². The summed E-state index contributed by atoms with van der Waals surface area (Å²) < 4.78 is 2.70. The van der Waals surface area contributed by atoms with Gasteiger partial charge in [-0.25, -0.2) is 4.68 Å². The van der Waals surface area contributed by atoms with Crippen molar-refractivity contribution in [3.05, 3.63) is 45.8 Å². The first-order valence-electron chi connectivity index (χ1n) is 4.07. The molecule has 0 radical (unpaired) electrons. The third-order valence-corrected chi connectivity index (χ3v) is 2.79. The third kappa shape index (κ3) is 1.57. The van der Waals surface area contributed by atoms with Crippen molar-refractivity contribution in [2.24, 2.45) is 0 Å². The first-order chi connectivity index (χ1) is 6.83. The number of carbonyl (C=O) groups is 1. The maximum atomic E-state index is 10.7. The van der Waals surface area contributed by atoms with Crippen LogP contribution in [0.3, 0.4) is 0 Å². The third-order valence-electron chi connectivity index (χ3n) is 1.87. The summed E-state index contributed by atoms with van der Waals surface area (Å²) in [6, 6.07) is 9.48. The quantitative estimate of drug-likeness (QED) is 0.630. The van der Waals surface area contributed by atoms with E-state index >= 15 is 0 Å². The van der Waals surface area contributed by atoms with Crippen LogP contribution in [-0.4, -0.2) is 16.1 Å². The van der Waals surface area contributed by atoms with Crippen LogP contribution >= 0.6 is 22.6 Å². The van der Waals surface area contributed by atoms with Crippen LogP contribution in [0.1, 0.15) is 10.5 Å². The fraction of sp³-hybridized carbons (Fsp3) is 0. The van der Waals surface area contributed by atoms with Crippen molar-refractivity contribution in [3.8, 4) is 5.69 Å². The zero-order valence-corrected chi connectivity index (χ0v) is 9.38. The predicted octanol–water partition coefficient (Wildman–Crippen LogP) is 2.29. The van der Waals surface area contributed by atoms with Crippen molar-refractivity contribution in [1.29, 1.82) is 0 Å². The molecule has 4 heteroatoms. The molecule has 0 unspecified atom stereocenters. The Kier molecular flexibility index (Phi) is 2.62. The van der Waals surface area contributed by atoms with E-state index in [4.69, 9.17) is 0 Å². The lowest BCUT2D eigenvalue weighted by molar-refractivity contribution is 0.111. The van der Waals surface area contributed by atoms with Gasteiger partial charge in [-0.2, -0.15) is 5.10 Å². The van der Waals surface area contributed by atoms with Crippen LogP contribution in [0, 0.1) is 3.57 Å². The van der Waals surface area contributed by atoms with Gasteiger partial charge in [-0.05, 0) is 40.8 Å². The highest BCUT2D eigenvalue weighted by atomic mass is 127. The van der Waals surface area contributed by atoms with E-state index in [0.29, 0.717) is 5.69 Å². The van der Waals surface area contributed by atoms with Gasteiger partial charge in [0.2, 0.25) is 0 Å². The van der Waals surface area contributed by atoms with E-state index in [2.05, 4.69) is 27.7 Å². The minimum atomic E-state index is 0.564. The summed E-state index contributed by atoms with van der Waals surface area (Å²) in [4.78, 5) is 10.7. The molecule has 0 aliphatic rings. The molecule has 1 aromatic carbocycles. The Bertz CT molecular complexity index is 465. The maximum absolute atomic E-state index is 10.7. The molecule has 0 atom stereocenters. The normalized spacial score (nSPS) is 10.1. The highest BCUT2D eigenvalue weighted by molar-refractivity contribution is 14.1. The van der Waals surface area contributed by atoms with Crippen LogP contribution in [0.2, 0.25) is 0 Å². The van der Waals surface area contributed by atoms with E-state index in [-0.39, 0.29) is 0 Å². The van der Waals surface area contributed by atoms with E-state index in [1.807, 2.05) is 24.3 Å². The van der Waals surface area contributed by atoms with Crippen molar-refractivity contribution in [2.45, 2.75) is 0 Å². The first-order valence-corrected chi connectivity index (χ1v) is 5.15. The van der Waals surface area contributed by atoms with Gasteiger partial charge in [0.25, 0.3) is 0 Å². The Morgan fingerprint density at radius 3 is 2.79 bits per heavy atom. The van der Waals surface area contributed by atoms with Gasteiger partial charge in [0.15, 0.2) is 6.29 Å². The minimum absolute atomic E-state index is 0.564. The Balaban J connectivity index is 2.60. The topological polar surface area (TPSA) is 34.9 Å². The van der Waals surface area contributed by atoms with Gasteiger partial charge in [-0.15, -0.1) is 0 Å². The summed E-state index contributed by atoms with van der Waals surface area (Å²) in [5.41, 5.74) is 1.49. The smallest absolute Gasteiger partial charge is 0.168 e. The van der Waals surface area contributed by atoms with Crippen LogP contribution < -0.4 is 0 Å². The van der Waals surface area contributed by atoms with Gasteiger partial charge in [-0.3, -0.25) is 4.79 Å². The Morgan fingerprint density at radius 2 is 2.07 bits per heavy atom. The van der Waals surface area contributed by atoms with Gasteiger partial charge >= 0.3 is 0 Å².